The number of carbonyl (C=O) groups is 1. The molecule has 7 heteroatoms. The average molecular weight is 359 g/mol. The lowest BCUT2D eigenvalue weighted by Crippen LogP contribution is -2.12. The van der Waals surface area contributed by atoms with Gasteiger partial charge in [0.15, 0.2) is 0 Å². The molecule has 0 spiro atoms. The van der Waals surface area contributed by atoms with E-state index in [2.05, 4.69) is 4.72 Å². The van der Waals surface area contributed by atoms with Gasteiger partial charge < -0.3 is 9.15 Å². The summed E-state index contributed by atoms with van der Waals surface area (Å²) in [5, 5.41) is 0.504. The van der Waals surface area contributed by atoms with Crippen LogP contribution in [0.25, 0.3) is 11.0 Å². The third-order valence-electron chi connectivity index (χ3n) is 3.65. The molecule has 0 atom stereocenters. The molecule has 0 saturated heterocycles. The van der Waals surface area contributed by atoms with E-state index in [0.717, 1.165) is 0 Å². The van der Waals surface area contributed by atoms with Gasteiger partial charge >= 0.3 is 5.97 Å². The molecule has 0 aliphatic rings. The van der Waals surface area contributed by atoms with Crippen molar-refractivity contribution >= 4 is 32.6 Å². The SMILES string of the molecule is CCOC(=O)c1c(C)oc2ccc(NS(=O)(=O)c3ccccc3)cc12. The van der Waals surface area contributed by atoms with Gasteiger partial charge in [-0.25, -0.2) is 13.2 Å². The second-order valence-electron chi connectivity index (χ2n) is 5.38. The van der Waals surface area contributed by atoms with Gasteiger partial charge in [0.1, 0.15) is 16.9 Å². The summed E-state index contributed by atoms with van der Waals surface area (Å²) in [5.41, 5.74) is 1.13. The van der Waals surface area contributed by atoms with E-state index in [1.807, 2.05) is 0 Å². The van der Waals surface area contributed by atoms with Crippen molar-refractivity contribution in [1.29, 1.82) is 0 Å². The maximum Gasteiger partial charge on any atom is 0.342 e. The van der Waals surface area contributed by atoms with Gasteiger partial charge in [-0.3, -0.25) is 4.72 Å². The third-order valence-corrected chi connectivity index (χ3v) is 5.05. The zero-order valence-electron chi connectivity index (χ0n) is 13.8. The Labute approximate surface area is 145 Å². The summed E-state index contributed by atoms with van der Waals surface area (Å²) in [6.45, 7) is 3.63. The van der Waals surface area contributed by atoms with Crippen LogP contribution < -0.4 is 4.72 Å². The molecule has 0 fully saturated rings. The number of fused-ring (bicyclic) bond motifs is 1. The monoisotopic (exact) mass is 359 g/mol. The first kappa shape index (κ1) is 17.0. The highest BCUT2D eigenvalue weighted by molar-refractivity contribution is 7.92. The van der Waals surface area contributed by atoms with E-state index in [-0.39, 0.29) is 11.5 Å². The molecule has 3 rings (SSSR count). The van der Waals surface area contributed by atoms with Gasteiger partial charge in [0.2, 0.25) is 0 Å². The molecule has 0 amide bonds. The van der Waals surface area contributed by atoms with E-state index in [9.17, 15) is 13.2 Å². The molecule has 1 heterocycles. The second-order valence-corrected chi connectivity index (χ2v) is 7.07. The Morgan fingerprint density at radius 3 is 2.56 bits per heavy atom. The number of rotatable bonds is 5. The Hall–Kier alpha value is -2.80. The first-order chi connectivity index (χ1) is 11.9. The normalized spacial score (nSPS) is 11.4. The quantitative estimate of drug-likeness (QED) is 0.702. The fourth-order valence-electron chi connectivity index (χ4n) is 2.55. The van der Waals surface area contributed by atoms with Crippen molar-refractivity contribution in [2.75, 3.05) is 11.3 Å². The Morgan fingerprint density at radius 2 is 1.88 bits per heavy atom. The van der Waals surface area contributed by atoms with Crippen LogP contribution in [0.3, 0.4) is 0 Å². The molecular weight excluding hydrogens is 342 g/mol. The van der Waals surface area contributed by atoms with Crippen molar-refractivity contribution < 1.29 is 22.4 Å². The standard InChI is InChI=1S/C18H17NO5S/c1-3-23-18(20)17-12(2)24-16-10-9-13(11-15(16)17)19-25(21,22)14-7-5-4-6-8-14/h4-11,19H,3H2,1-2H3. The first-order valence-corrected chi connectivity index (χ1v) is 9.19. The van der Waals surface area contributed by atoms with Gasteiger partial charge in [-0.15, -0.1) is 0 Å². The minimum Gasteiger partial charge on any atom is -0.462 e. The molecule has 2 aromatic carbocycles. The van der Waals surface area contributed by atoms with Gasteiger partial charge in [0.25, 0.3) is 10.0 Å². The number of benzene rings is 2. The van der Waals surface area contributed by atoms with Crippen LogP contribution in [0.2, 0.25) is 0 Å². The predicted molar refractivity (Wildman–Crippen MR) is 94.2 cm³/mol. The second kappa shape index (κ2) is 6.60. The van der Waals surface area contributed by atoms with Crippen LogP contribution in [0.15, 0.2) is 57.8 Å². The molecule has 130 valence electrons. The summed E-state index contributed by atoms with van der Waals surface area (Å²) in [4.78, 5) is 12.3. The van der Waals surface area contributed by atoms with Crippen LogP contribution in [0.4, 0.5) is 5.69 Å². The van der Waals surface area contributed by atoms with Gasteiger partial charge in [0, 0.05) is 11.1 Å². The third kappa shape index (κ3) is 3.36. The van der Waals surface area contributed by atoms with Crippen molar-refractivity contribution in [3.8, 4) is 0 Å². The van der Waals surface area contributed by atoms with Crippen LogP contribution in [0.1, 0.15) is 23.0 Å². The number of hydrogen-bond acceptors (Lipinski definition) is 5. The molecular formula is C18H17NO5S. The summed E-state index contributed by atoms with van der Waals surface area (Å²) >= 11 is 0. The lowest BCUT2D eigenvalue weighted by atomic mass is 10.1. The Morgan fingerprint density at radius 1 is 1.16 bits per heavy atom. The number of ether oxygens (including phenoxy) is 1. The fourth-order valence-corrected chi connectivity index (χ4v) is 3.62. The van der Waals surface area contributed by atoms with Gasteiger partial charge in [-0.1, -0.05) is 18.2 Å². The van der Waals surface area contributed by atoms with E-state index < -0.39 is 16.0 Å². The van der Waals surface area contributed by atoms with Crippen molar-refractivity contribution in [2.24, 2.45) is 0 Å². The zero-order chi connectivity index (χ0) is 18.0. The number of nitrogens with one attached hydrogen (secondary N) is 1. The van der Waals surface area contributed by atoms with Crippen molar-refractivity contribution in [1.82, 2.24) is 0 Å². The number of hydrogen-bond donors (Lipinski definition) is 1. The number of carbonyl (C=O) groups excluding carboxylic acids is 1. The number of aryl methyl sites for hydroxylation is 1. The minimum atomic E-state index is -3.72. The molecule has 1 N–H and O–H groups in total. The summed E-state index contributed by atoms with van der Waals surface area (Å²) in [6.07, 6.45) is 0. The highest BCUT2D eigenvalue weighted by Crippen LogP contribution is 2.29. The molecule has 3 aromatic rings. The largest absolute Gasteiger partial charge is 0.462 e. The van der Waals surface area contributed by atoms with E-state index in [4.69, 9.17) is 9.15 Å². The summed E-state index contributed by atoms with van der Waals surface area (Å²) in [6, 6.07) is 12.8. The van der Waals surface area contributed by atoms with Crippen molar-refractivity contribution in [3.63, 3.8) is 0 Å². The number of esters is 1. The number of sulfonamides is 1. The Balaban J connectivity index is 2.01. The molecule has 25 heavy (non-hydrogen) atoms. The van der Waals surface area contributed by atoms with E-state index in [0.29, 0.717) is 28.0 Å². The highest BCUT2D eigenvalue weighted by atomic mass is 32.2. The topological polar surface area (TPSA) is 85.6 Å². The molecule has 0 aliphatic carbocycles. The van der Waals surface area contributed by atoms with Crippen LogP contribution in [-0.2, 0) is 14.8 Å². The van der Waals surface area contributed by atoms with Crippen LogP contribution >= 0.6 is 0 Å². The summed E-state index contributed by atoms with van der Waals surface area (Å²) < 4.78 is 38.0. The average Bonchev–Trinajstić information content (AvgIpc) is 2.91. The molecule has 6 nitrogen and oxygen atoms in total. The lowest BCUT2D eigenvalue weighted by Gasteiger charge is -2.08. The fraction of sp³-hybridized carbons (Fsp3) is 0.167. The predicted octanol–water partition coefficient (Wildman–Crippen LogP) is 3.72. The van der Waals surface area contributed by atoms with Gasteiger partial charge in [-0.05, 0) is 44.2 Å². The molecule has 1 aromatic heterocycles. The molecule has 0 aliphatic heterocycles. The van der Waals surface area contributed by atoms with Gasteiger partial charge in [0.05, 0.1) is 11.5 Å². The van der Waals surface area contributed by atoms with Crippen molar-refractivity contribution in [3.05, 3.63) is 59.9 Å². The molecule has 0 saturated carbocycles. The maximum atomic E-state index is 12.4. The lowest BCUT2D eigenvalue weighted by molar-refractivity contribution is 0.0526. The number of anilines is 1. The maximum absolute atomic E-state index is 12.4. The molecule has 0 bridgehead atoms. The van der Waals surface area contributed by atoms with E-state index in [1.54, 1.807) is 50.2 Å². The van der Waals surface area contributed by atoms with E-state index >= 15 is 0 Å². The zero-order valence-corrected chi connectivity index (χ0v) is 14.6. The van der Waals surface area contributed by atoms with Crippen LogP contribution in [-0.4, -0.2) is 21.0 Å². The summed E-state index contributed by atoms with van der Waals surface area (Å²) in [5.74, 6) is -0.0710. The Kier molecular flexibility index (Phi) is 4.50. The number of furan rings is 1. The molecule has 0 unspecified atom stereocenters. The van der Waals surface area contributed by atoms with Crippen molar-refractivity contribution in [2.45, 2.75) is 18.7 Å². The van der Waals surface area contributed by atoms with Crippen LogP contribution in [0, 0.1) is 6.92 Å². The summed E-state index contributed by atoms with van der Waals surface area (Å²) in [7, 11) is -3.72. The van der Waals surface area contributed by atoms with Crippen LogP contribution in [0.5, 0.6) is 0 Å². The molecule has 0 radical (unpaired) electrons. The first-order valence-electron chi connectivity index (χ1n) is 7.70. The van der Waals surface area contributed by atoms with E-state index in [1.165, 1.54) is 12.1 Å². The highest BCUT2D eigenvalue weighted by Gasteiger charge is 2.21. The minimum absolute atomic E-state index is 0.157. The Bertz CT molecular complexity index is 1020. The smallest absolute Gasteiger partial charge is 0.342 e. The van der Waals surface area contributed by atoms with Gasteiger partial charge in [-0.2, -0.15) is 0 Å².